The zero-order chi connectivity index (χ0) is 23.4. The Hall–Kier alpha value is -3.48. The van der Waals surface area contributed by atoms with E-state index in [-0.39, 0.29) is 5.91 Å². The molecular formula is C25H21Cl2N3O3. The smallest absolute Gasteiger partial charge is 0.275 e. The Balaban J connectivity index is 1.57. The van der Waals surface area contributed by atoms with Crippen molar-refractivity contribution in [2.45, 2.75) is 6.54 Å². The number of hydrazone groups is 1. The number of rotatable bonds is 7. The topological polar surface area (TPSA) is 64.8 Å². The highest BCUT2D eigenvalue weighted by Gasteiger charge is 2.13. The highest BCUT2D eigenvalue weighted by Crippen LogP contribution is 2.26. The van der Waals surface area contributed by atoms with Crippen LogP contribution in [0.15, 0.2) is 72.0 Å². The van der Waals surface area contributed by atoms with E-state index in [4.69, 9.17) is 32.7 Å². The summed E-state index contributed by atoms with van der Waals surface area (Å²) in [6, 6.07) is 18.4. The molecule has 0 fully saturated rings. The number of carbonyl (C=O) groups is 1. The van der Waals surface area contributed by atoms with Crippen LogP contribution in [0.2, 0.25) is 10.0 Å². The molecule has 0 aliphatic rings. The highest BCUT2D eigenvalue weighted by atomic mass is 35.5. The summed E-state index contributed by atoms with van der Waals surface area (Å²) in [5, 5.41) is 6.37. The molecule has 0 spiro atoms. The lowest BCUT2D eigenvalue weighted by atomic mass is 10.2. The number of fused-ring (bicyclic) bond motifs is 1. The van der Waals surface area contributed by atoms with Gasteiger partial charge in [0.1, 0.15) is 11.5 Å². The van der Waals surface area contributed by atoms with Crippen LogP contribution in [-0.4, -0.2) is 30.9 Å². The molecule has 4 aromatic rings. The molecule has 0 radical (unpaired) electrons. The lowest BCUT2D eigenvalue weighted by molar-refractivity contribution is 0.0952. The predicted molar refractivity (Wildman–Crippen MR) is 132 cm³/mol. The molecule has 33 heavy (non-hydrogen) atoms. The van der Waals surface area contributed by atoms with Crippen molar-refractivity contribution in [1.82, 2.24) is 9.99 Å². The lowest BCUT2D eigenvalue weighted by Crippen LogP contribution is -2.18. The lowest BCUT2D eigenvalue weighted by Gasteiger charge is -2.08. The van der Waals surface area contributed by atoms with Crippen molar-refractivity contribution in [1.29, 1.82) is 0 Å². The molecule has 1 amide bonds. The summed E-state index contributed by atoms with van der Waals surface area (Å²) in [5.41, 5.74) is 5.75. The van der Waals surface area contributed by atoms with E-state index < -0.39 is 0 Å². The van der Waals surface area contributed by atoms with Crippen LogP contribution < -0.4 is 14.9 Å². The number of halogens is 2. The number of methoxy groups -OCH3 is 2. The molecule has 4 rings (SSSR count). The third kappa shape index (κ3) is 4.97. The summed E-state index contributed by atoms with van der Waals surface area (Å²) in [7, 11) is 3.05. The fourth-order valence-corrected chi connectivity index (χ4v) is 4.02. The van der Waals surface area contributed by atoms with E-state index in [1.54, 1.807) is 37.6 Å². The second-order valence-corrected chi connectivity index (χ2v) is 8.07. The molecular weight excluding hydrogens is 461 g/mol. The molecule has 0 aliphatic carbocycles. The van der Waals surface area contributed by atoms with Gasteiger partial charge in [0.25, 0.3) is 5.91 Å². The summed E-state index contributed by atoms with van der Waals surface area (Å²) in [4.78, 5) is 12.6. The van der Waals surface area contributed by atoms with E-state index in [1.807, 2.05) is 42.6 Å². The molecule has 6 nitrogen and oxygen atoms in total. The first-order chi connectivity index (χ1) is 16.0. The van der Waals surface area contributed by atoms with Gasteiger partial charge in [-0.25, -0.2) is 5.43 Å². The van der Waals surface area contributed by atoms with Crippen molar-refractivity contribution in [2.24, 2.45) is 5.10 Å². The summed E-state index contributed by atoms with van der Waals surface area (Å²) < 4.78 is 12.5. The average molecular weight is 482 g/mol. The molecule has 0 atom stereocenters. The molecule has 168 valence electrons. The van der Waals surface area contributed by atoms with E-state index >= 15 is 0 Å². The van der Waals surface area contributed by atoms with Crippen LogP contribution in [0.5, 0.6) is 11.5 Å². The van der Waals surface area contributed by atoms with Crippen LogP contribution >= 0.6 is 23.2 Å². The van der Waals surface area contributed by atoms with Gasteiger partial charge >= 0.3 is 0 Å². The summed E-state index contributed by atoms with van der Waals surface area (Å²) in [5.74, 6) is 0.612. The average Bonchev–Trinajstić information content (AvgIpc) is 3.17. The standard InChI is InChI=1S/C25H21Cl2N3O3/c1-32-19-9-10-21(24(12-19)33-2)25(31)29-28-13-17-15-30(23-6-4-3-5-20(17)23)14-16-7-8-18(26)11-22(16)27/h3-13,15H,14H2,1-2H3,(H,29,31). The molecule has 0 aliphatic heterocycles. The number of amides is 1. The SMILES string of the molecule is COc1ccc(C(=O)NN=Cc2cn(Cc3ccc(Cl)cc3Cl)c3ccccc23)c(OC)c1. The number of carbonyl (C=O) groups excluding carboxylic acids is 1. The fraction of sp³-hybridized carbons (Fsp3) is 0.120. The Morgan fingerprint density at radius 2 is 1.88 bits per heavy atom. The van der Waals surface area contributed by atoms with Gasteiger partial charge in [-0.05, 0) is 35.9 Å². The highest BCUT2D eigenvalue weighted by molar-refractivity contribution is 6.35. The van der Waals surface area contributed by atoms with Gasteiger partial charge in [0.2, 0.25) is 0 Å². The van der Waals surface area contributed by atoms with Gasteiger partial charge in [0, 0.05) is 45.3 Å². The minimum Gasteiger partial charge on any atom is -0.497 e. The van der Waals surface area contributed by atoms with Crippen molar-refractivity contribution in [3.8, 4) is 11.5 Å². The van der Waals surface area contributed by atoms with Crippen molar-refractivity contribution in [3.05, 3.63) is 93.6 Å². The van der Waals surface area contributed by atoms with Crippen molar-refractivity contribution in [3.63, 3.8) is 0 Å². The monoisotopic (exact) mass is 481 g/mol. The van der Waals surface area contributed by atoms with Crippen LogP contribution in [0.3, 0.4) is 0 Å². The zero-order valence-corrected chi connectivity index (χ0v) is 19.5. The Bertz CT molecular complexity index is 1350. The first-order valence-electron chi connectivity index (χ1n) is 10.1. The number of benzene rings is 3. The van der Waals surface area contributed by atoms with Crippen molar-refractivity contribution < 1.29 is 14.3 Å². The quantitative estimate of drug-likeness (QED) is 0.268. The minimum absolute atomic E-state index is 0.357. The number of nitrogens with zero attached hydrogens (tertiary/aromatic N) is 2. The third-order valence-corrected chi connectivity index (χ3v) is 5.79. The maximum absolute atomic E-state index is 12.6. The van der Waals surface area contributed by atoms with Crippen molar-refractivity contribution in [2.75, 3.05) is 14.2 Å². The van der Waals surface area contributed by atoms with Crippen LogP contribution in [0.1, 0.15) is 21.5 Å². The Morgan fingerprint density at radius 1 is 1.06 bits per heavy atom. The molecule has 0 bridgehead atoms. The van der Waals surface area contributed by atoms with Gasteiger partial charge in [0.05, 0.1) is 26.0 Å². The maximum atomic E-state index is 12.6. The molecule has 1 aromatic heterocycles. The number of para-hydroxylation sites is 1. The first-order valence-corrected chi connectivity index (χ1v) is 10.8. The Labute approximate surface area is 201 Å². The van der Waals surface area contributed by atoms with E-state index in [1.165, 1.54) is 7.11 Å². The zero-order valence-electron chi connectivity index (χ0n) is 18.0. The molecule has 3 aromatic carbocycles. The maximum Gasteiger partial charge on any atom is 0.275 e. The van der Waals surface area contributed by atoms with Gasteiger partial charge in [-0.1, -0.05) is 47.5 Å². The van der Waals surface area contributed by atoms with Gasteiger partial charge in [-0.3, -0.25) is 4.79 Å². The largest absolute Gasteiger partial charge is 0.497 e. The van der Waals surface area contributed by atoms with Gasteiger partial charge in [-0.15, -0.1) is 0 Å². The predicted octanol–water partition coefficient (Wildman–Crippen LogP) is 5.78. The van der Waals surface area contributed by atoms with Crippen LogP contribution in [0.4, 0.5) is 0 Å². The number of aromatic nitrogens is 1. The number of nitrogens with one attached hydrogen (secondary N) is 1. The second kappa shape index (κ2) is 9.98. The first kappa shape index (κ1) is 22.7. The Kier molecular flexibility index (Phi) is 6.87. The van der Waals surface area contributed by atoms with E-state index in [9.17, 15) is 4.79 Å². The van der Waals surface area contributed by atoms with Gasteiger partial charge < -0.3 is 14.0 Å². The van der Waals surface area contributed by atoms with Crippen molar-refractivity contribution >= 4 is 46.2 Å². The van der Waals surface area contributed by atoms with Crippen LogP contribution in [0, 0.1) is 0 Å². The number of ether oxygens (including phenoxy) is 2. The Morgan fingerprint density at radius 3 is 2.64 bits per heavy atom. The number of hydrogen-bond donors (Lipinski definition) is 1. The van der Waals surface area contributed by atoms with Gasteiger partial charge in [0.15, 0.2) is 0 Å². The van der Waals surface area contributed by atoms with Crippen LogP contribution in [-0.2, 0) is 6.54 Å². The molecule has 1 N–H and O–H groups in total. The van der Waals surface area contributed by atoms with Gasteiger partial charge in [-0.2, -0.15) is 5.10 Å². The number of hydrogen-bond acceptors (Lipinski definition) is 4. The van der Waals surface area contributed by atoms with Crippen LogP contribution in [0.25, 0.3) is 10.9 Å². The minimum atomic E-state index is -0.387. The second-order valence-electron chi connectivity index (χ2n) is 7.23. The van der Waals surface area contributed by atoms with E-state index in [0.717, 1.165) is 22.0 Å². The van der Waals surface area contributed by atoms with E-state index in [0.29, 0.717) is 33.7 Å². The molecule has 0 saturated carbocycles. The summed E-state index contributed by atoms with van der Waals surface area (Å²) in [6.45, 7) is 0.569. The molecule has 0 unspecified atom stereocenters. The fourth-order valence-electron chi connectivity index (χ4n) is 3.55. The summed E-state index contributed by atoms with van der Waals surface area (Å²) in [6.07, 6.45) is 3.59. The molecule has 1 heterocycles. The molecule has 0 saturated heterocycles. The van der Waals surface area contributed by atoms with E-state index in [2.05, 4.69) is 15.1 Å². The summed E-state index contributed by atoms with van der Waals surface area (Å²) >= 11 is 12.4. The third-order valence-electron chi connectivity index (χ3n) is 5.20. The molecule has 8 heteroatoms. The normalized spacial score (nSPS) is 11.2.